The molecule has 1 amide bonds. The molecule has 0 fully saturated rings. The second kappa shape index (κ2) is 9.49. The highest BCUT2D eigenvalue weighted by Gasteiger charge is 2.13. The van der Waals surface area contributed by atoms with Crippen LogP contribution in [0.25, 0.3) is 11.4 Å². The van der Waals surface area contributed by atoms with Gasteiger partial charge in [0.1, 0.15) is 0 Å². The minimum absolute atomic E-state index is 0.196. The number of hydrazone groups is 1. The minimum atomic E-state index is -0.200. The Bertz CT molecular complexity index is 1020. The smallest absolute Gasteiger partial charge is 0.250 e. The van der Waals surface area contributed by atoms with E-state index < -0.39 is 0 Å². The number of aromatic nitrogens is 3. The van der Waals surface area contributed by atoms with Gasteiger partial charge >= 0.3 is 0 Å². The van der Waals surface area contributed by atoms with Crippen molar-refractivity contribution in [2.45, 2.75) is 12.1 Å². The number of rotatable bonds is 6. The summed E-state index contributed by atoms with van der Waals surface area (Å²) in [5.74, 6) is 0.739. The predicted molar refractivity (Wildman–Crippen MR) is 119 cm³/mol. The molecule has 0 aliphatic rings. The van der Waals surface area contributed by atoms with Crippen LogP contribution in [0, 0.1) is 0 Å². The molecule has 3 rings (SSSR count). The van der Waals surface area contributed by atoms with Gasteiger partial charge in [-0.15, -0.1) is 10.2 Å². The molecule has 2 aromatic carbocycles. The lowest BCUT2D eigenvalue weighted by molar-refractivity contribution is -0.118. The highest BCUT2D eigenvalue weighted by Crippen LogP contribution is 2.24. The highest BCUT2D eigenvalue weighted by atomic mass is 79.9. The average Bonchev–Trinajstić information content (AvgIpc) is 3.05. The molecule has 1 aromatic heterocycles. The number of carbonyl (C=O) groups is 1. The molecule has 0 aliphatic heterocycles. The summed E-state index contributed by atoms with van der Waals surface area (Å²) in [5, 5.41) is 13.2. The summed E-state index contributed by atoms with van der Waals surface area (Å²) in [4.78, 5) is 12.1. The van der Waals surface area contributed by atoms with Gasteiger partial charge in [-0.3, -0.25) is 4.79 Å². The number of hydrogen-bond donors (Lipinski definition) is 1. The van der Waals surface area contributed by atoms with E-state index in [0.29, 0.717) is 5.16 Å². The van der Waals surface area contributed by atoms with Gasteiger partial charge in [0, 0.05) is 21.6 Å². The largest absolute Gasteiger partial charge is 0.305 e. The maximum absolute atomic E-state index is 12.1. The SMILES string of the molecule is CC(=NNC(=O)CSc1nnc(-c2cccc(Br)c2)n1C)c1ccc(Br)cc1. The zero-order chi connectivity index (χ0) is 20.1. The normalized spacial score (nSPS) is 11.5. The van der Waals surface area contributed by atoms with Gasteiger partial charge in [-0.2, -0.15) is 5.10 Å². The first-order valence-electron chi connectivity index (χ1n) is 8.31. The van der Waals surface area contributed by atoms with Crippen molar-refractivity contribution in [1.29, 1.82) is 0 Å². The number of benzene rings is 2. The van der Waals surface area contributed by atoms with Crippen LogP contribution in [0.2, 0.25) is 0 Å². The number of carbonyl (C=O) groups excluding carboxylic acids is 1. The molecule has 1 heterocycles. The van der Waals surface area contributed by atoms with Crippen molar-refractivity contribution >= 4 is 55.2 Å². The van der Waals surface area contributed by atoms with E-state index >= 15 is 0 Å². The molecule has 0 atom stereocenters. The standard InChI is InChI=1S/C19H17Br2N5OS/c1-12(13-6-8-15(20)9-7-13)22-23-17(27)11-28-19-25-24-18(26(19)2)14-4-3-5-16(21)10-14/h3-10H,11H2,1-2H3,(H,23,27). The molecular formula is C19H17Br2N5OS. The molecule has 28 heavy (non-hydrogen) atoms. The van der Waals surface area contributed by atoms with Gasteiger partial charge in [0.25, 0.3) is 5.91 Å². The lowest BCUT2D eigenvalue weighted by Gasteiger charge is -2.05. The molecule has 0 unspecified atom stereocenters. The van der Waals surface area contributed by atoms with Crippen molar-refractivity contribution in [3.05, 3.63) is 63.0 Å². The van der Waals surface area contributed by atoms with E-state index in [0.717, 1.165) is 31.6 Å². The number of halogens is 2. The van der Waals surface area contributed by atoms with Gasteiger partial charge in [0.05, 0.1) is 11.5 Å². The lowest BCUT2D eigenvalue weighted by Crippen LogP contribution is -2.21. The summed E-state index contributed by atoms with van der Waals surface area (Å²) >= 11 is 8.17. The Morgan fingerprint density at radius 1 is 1.14 bits per heavy atom. The number of thioether (sulfide) groups is 1. The summed E-state index contributed by atoms with van der Waals surface area (Å²) < 4.78 is 3.84. The quantitative estimate of drug-likeness (QED) is 0.291. The number of nitrogens with zero attached hydrogens (tertiary/aromatic N) is 4. The van der Waals surface area contributed by atoms with E-state index in [-0.39, 0.29) is 11.7 Å². The lowest BCUT2D eigenvalue weighted by atomic mass is 10.1. The van der Waals surface area contributed by atoms with Gasteiger partial charge in [-0.25, -0.2) is 5.43 Å². The van der Waals surface area contributed by atoms with Gasteiger partial charge in [-0.1, -0.05) is 67.9 Å². The minimum Gasteiger partial charge on any atom is -0.305 e. The van der Waals surface area contributed by atoms with Gasteiger partial charge in [0.15, 0.2) is 11.0 Å². The van der Waals surface area contributed by atoms with Gasteiger partial charge in [0.2, 0.25) is 0 Å². The summed E-state index contributed by atoms with van der Waals surface area (Å²) in [7, 11) is 1.88. The molecule has 144 valence electrons. The Labute approximate surface area is 184 Å². The third-order valence-corrected chi connectivity index (χ3v) is 5.90. The van der Waals surface area contributed by atoms with Crippen LogP contribution in [0.1, 0.15) is 12.5 Å². The molecule has 0 aliphatic carbocycles. The van der Waals surface area contributed by atoms with Crippen molar-refractivity contribution in [2.24, 2.45) is 12.1 Å². The van der Waals surface area contributed by atoms with Crippen LogP contribution in [0.15, 0.2) is 67.7 Å². The Morgan fingerprint density at radius 3 is 2.61 bits per heavy atom. The third kappa shape index (κ3) is 5.30. The number of nitrogens with one attached hydrogen (secondary N) is 1. The summed E-state index contributed by atoms with van der Waals surface area (Å²) in [6.45, 7) is 1.85. The van der Waals surface area contributed by atoms with Crippen LogP contribution in [0.5, 0.6) is 0 Å². The Morgan fingerprint density at radius 2 is 1.89 bits per heavy atom. The first-order chi connectivity index (χ1) is 13.4. The molecule has 9 heteroatoms. The van der Waals surface area contributed by atoms with Crippen LogP contribution in [0.4, 0.5) is 0 Å². The monoisotopic (exact) mass is 521 g/mol. The fraction of sp³-hybridized carbons (Fsp3) is 0.158. The number of amides is 1. The highest BCUT2D eigenvalue weighted by molar-refractivity contribution is 9.10. The van der Waals surface area contributed by atoms with Crippen molar-refractivity contribution in [3.8, 4) is 11.4 Å². The predicted octanol–water partition coefficient (Wildman–Crippen LogP) is 4.64. The van der Waals surface area contributed by atoms with Crippen LogP contribution in [-0.4, -0.2) is 32.1 Å². The van der Waals surface area contributed by atoms with Gasteiger partial charge in [-0.05, 0) is 36.8 Å². The first kappa shape index (κ1) is 20.8. The van der Waals surface area contributed by atoms with Crippen molar-refractivity contribution < 1.29 is 4.79 Å². The Balaban J connectivity index is 1.59. The second-order valence-electron chi connectivity index (χ2n) is 5.90. The fourth-order valence-electron chi connectivity index (χ4n) is 2.38. The third-order valence-electron chi connectivity index (χ3n) is 3.86. The van der Waals surface area contributed by atoms with E-state index in [1.165, 1.54) is 11.8 Å². The molecule has 3 aromatic rings. The van der Waals surface area contributed by atoms with Crippen LogP contribution >= 0.6 is 43.6 Å². The summed E-state index contributed by atoms with van der Waals surface area (Å²) in [5.41, 5.74) is 5.22. The molecule has 0 bridgehead atoms. The zero-order valence-corrected chi connectivity index (χ0v) is 19.2. The Kier molecular flexibility index (Phi) is 7.03. The van der Waals surface area contributed by atoms with Crippen LogP contribution < -0.4 is 5.43 Å². The fourth-order valence-corrected chi connectivity index (χ4v) is 3.75. The second-order valence-corrected chi connectivity index (χ2v) is 8.68. The zero-order valence-electron chi connectivity index (χ0n) is 15.2. The van der Waals surface area contributed by atoms with Crippen molar-refractivity contribution in [1.82, 2.24) is 20.2 Å². The first-order valence-corrected chi connectivity index (χ1v) is 10.9. The van der Waals surface area contributed by atoms with Crippen molar-refractivity contribution in [2.75, 3.05) is 5.75 Å². The summed E-state index contributed by atoms with van der Waals surface area (Å²) in [6, 6.07) is 15.6. The van der Waals surface area contributed by atoms with Gasteiger partial charge < -0.3 is 4.57 Å². The average molecular weight is 523 g/mol. The van der Waals surface area contributed by atoms with Crippen LogP contribution in [-0.2, 0) is 11.8 Å². The van der Waals surface area contributed by atoms with E-state index in [4.69, 9.17) is 0 Å². The van der Waals surface area contributed by atoms with Crippen LogP contribution in [0.3, 0.4) is 0 Å². The maximum Gasteiger partial charge on any atom is 0.250 e. The van der Waals surface area contributed by atoms with Crippen molar-refractivity contribution in [3.63, 3.8) is 0 Å². The van der Waals surface area contributed by atoms with E-state index in [2.05, 4.69) is 52.6 Å². The number of hydrogen-bond acceptors (Lipinski definition) is 5. The molecule has 0 saturated heterocycles. The maximum atomic E-state index is 12.1. The molecule has 6 nitrogen and oxygen atoms in total. The molecular weight excluding hydrogens is 506 g/mol. The Hall–Kier alpha value is -1.97. The van der Waals surface area contributed by atoms with E-state index in [9.17, 15) is 4.79 Å². The molecule has 0 radical (unpaired) electrons. The molecule has 1 N–H and O–H groups in total. The van der Waals surface area contributed by atoms with E-state index in [1.54, 1.807) is 0 Å². The summed E-state index contributed by atoms with van der Waals surface area (Å²) in [6.07, 6.45) is 0. The topological polar surface area (TPSA) is 72.2 Å². The van der Waals surface area contributed by atoms with E-state index in [1.807, 2.05) is 67.1 Å². The molecule has 0 spiro atoms. The molecule has 0 saturated carbocycles.